The van der Waals surface area contributed by atoms with Crippen LogP contribution in [0.15, 0.2) is 70.9 Å². The summed E-state index contributed by atoms with van der Waals surface area (Å²) in [6, 6.07) is 13.9. The summed E-state index contributed by atoms with van der Waals surface area (Å²) in [6.45, 7) is 4.74. The number of Topliss-reactive ketones (excluding diaryl/α,β-unsaturated/α-hetero) is 1. The molecule has 1 aliphatic rings. The molecule has 0 spiro atoms. The minimum Gasteiger partial charge on any atom is -0.507 e. The van der Waals surface area contributed by atoms with Crippen molar-refractivity contribution in [3.05, 3.63) is 82.8 Å². The number of aliphatic hydroxyl groups is 1. The number of aliphatic hydroxyl groups excluding tert-OH is 1. The van der Waals surface area contributed by atoms with Gasteiger partial charge in [-0.25, -0.2) is 0 Å². The third-order valence-electron chi connectivity index (χ3n) is 5.33. The second-order valence-corrected chi connectivity index (χ2v) is 8.01. The lowest BCUT2D eigenvalue weighted by Gasteiger charge is -2.24. The van der Waals surface area contributed by atoms with E-state index in [1.54, 1.807) is 48.5 Å². The summed E-state index contributed by atoms with van der Waals surface area (Å²) < 4.78 is 16.8. The van der Waals surface area contributed by atoms with Gasteiger partial charge in [0.1, 0.15) is 29.1 Å². The number of benzene rings is 2. The Kier molecular flexibility index (Phi) is 6.93. The molecular weight excluding hydrogens is 458 g/mol. The summed E-state index contributed by atoms with van der Waals surface area (Å²) in [6.07, 6.45) is 2.27. The Hall–Kier alpha value is -3.71. The van der Waals surface area contributed by atoms with Gasteiger partial charge in [-0.05, 0) is 55.8 Å². The van der Waals surface area contributed by atoms with Crippen LogP contribution in [0.5, 0.6) is 11.5 Å². The van der Waals surface area contributed by atoms with Gasteiger partial charge in [-0.3, -0.25) is 14.5 Å². The molecule has 4 rings (SSSR count). The van der Waals surface area contributed by atoms with Crippen LogP contribution in [-0.2, 0) is 9.59 Å². The second kappa shape index (κ2) is 10.1. The Labute approximate surface area is 202 Å². The zero-order valence-electron chi connectivity index (χ0n) is 18.8. The molecule has 1 saturated heterocycles. The Morgan fingerprint density at radius 2 is 1.85 bits per heavy atom. The molecule has 1 unspecified atom stereocenters. The van der Waals surface area contributed by atoms with E-state index < -0.39 is 23.5 Å². The van der Waals surface area contributed by atoms with Gasteiger partial charge >= 0.3 is 0 Å². The highest BCUT2D eigenvalue weighted by Crippen LogP contribution is 2.44. The number of ether oxygens (including phenoxy) is 2. The molecule has 34 heavy (non-hydrogen) atoms. The predicted octanol–water partition coefficient (Wildman–Crippen LogP) is 5.75. The average molecular weight is 482 g/mol. The lowest BCUT2D eigenvalue weighted by Crippen LogP contribution is -2.29. The molecule has 1 atom stereocenters. The fraction of sp³-hybridized carbons (Fsp3) is 0.231. The monoisotopic (exact) mass is 481 g/mol. The normalized spacial score (nSPS) is 17.3. The molecule has 1 aromatic heterocycles. The predicted molar refractivity (Wildman–Crippen MR) is 128 cm³/mol. The van der Waals surface area contributed by atoms with E-state index in [0.717, 1.165) is 6.42 Å². The highest BCUT2D eigenvalue weighted by molar-refractivity contribution is 6.52. The van der Waals surface area contributed by atoms with Gasteiger partial charge in [0.2, 0.25) is 0 Å². The fourth-order valence-corrected chi connectivity index (χ4v) is 4.05. The van der Waals surface area contributed by atoms with Crippen LogP contribution in [0.3, 0.4) is 0 Å². The number of furan rings is 1. The maximum absolute atomic E-state index is 13.2. The van der Waals surface area contributed by atoms with Crippen LogP contribution in [0.1, 0.15) is 37.6 Å². The number of anilines is 1. The van der Waals surface area contributed by atoms with Crippen molar-refractivity contribution >= 4 is 34.7 Å². The highest BCUT2D eigenvalue weighted by atomic mass is 35.5. The first-order valence-corrected chi connectivity index (χ1v) is 11.3. The van der Waals surface area contributed by atoms with Crippen LogP contribution in [0, 0.1) is 0 Å². The standard InChI is InChI=1S/C26H24ClNO6/c1-3-12-33-17-8-5-7-16(14-17)28-23(21-9-6-13-34-21)22(25(30)26(28)31)24(29)19-15-18(32-4-2)10-11-20(19)27/h5-11,13-15,23,29H,3-4,12H2,1-2H3/b24-22-. The van der Waals surface area contributed by atoms with Crippen molar-refractivity contribution in [1.29, 1.82) is 0 Å². The Balaban J connectivity index is 1.87. The van der Waals surface area contributed by atoms with E-state index in [2.05, 4.69) is 0 Å². The number of hydrogen-bond donors (Lipinski definition) is 1. The number of ketones is 1. The van der Waals surface area contributed by atoms with Gasteiger partial charge in [-0.15, -0.1) is 0 Å². The zero-order valence-corrected chi connectivity index (χ0v) is 19.5. The van der Waals surface area contributed by atoms with E-state index in [9.17, 15) is 14.7 Å². The van der Waals surface area contributed by atoms with Crippen LogP contribution in [0.4, 0.5) is 5.69 Å². The molecule has 2 aromatic carbocycles. The molecule has 2 heterocycles. The maximum Gasteiger partial charge on any atom is 0.300 e. The lowest BCUT2D eigenvalue weighted by molar-refractivity contribution is -0.132. The first kappa shape index (κ1) is 23.4. The molecule has 7 nitrogen and oxygen atoms in total. The number of carbonyl (C=O) groups is 2. The van der Waals surface area contributed by atoms with E-state index in [0.29, 0.717) is 36.2 Å². The van der Waals surface area contributed by atoms with E-state index in [1.165, 1.54) is 17.2 Å². The fourth-order valence-electron chi connectivity index (χ4n) is 3.85. The number of carbonyl (C=O) groups excluding carboxylic acids is 2. The number of rotatable bonds is 8. The van der Waals surface area contributed by atoms with Crippen molar-refractivity contribution in [2.45, 2.75) is 26.3 Å². The minimum absolute atomic E-state index is 0.129. The quantitative estimate of drug-likeness (QED) is 0.250. The third-order valence-corrected chi connectivity index (χ3v) is 5.66. The summed E-state index contributed by atoms with van der Waals surface area (Å²) in [5.41, 5.74) is 0.489. The van der Waals surface area contributed by atoms with Crippen LogP contribution >= 0.6 is 11.6 Å². The summed E-state index contributed by atoms with van der Waals surface area (Å²) in [7, 11) is 0. The zero-order chi connectivity index (χ0) is 24.2. The number of hydrogen-bond acceptors (Lipinski definition) is 6. The molecule has 0 aliphatic carbocycles. The molecule has 1 aliphatic heterocycles. The number of nitrogens with zero attached hydrogens (tertiary/aromatic N) is 1. The van der Waals surface area contributed by atoms with Crippen molar-refractivity contribution in [3.63, 3.8) is 0 Å². The van der Waals surface area contributed by atoms with Gasteiger partial charge in [0.25, 0.3) is 11.7 Å². The minimum atomic E-state index is -0.997. The van der Waals surface area contributed by atoms with Gasteiger partial charge < -0.3 is 19.0 Å². The SMILES string of the molecule is CCCOc1cccc(N2C(=O)C(=O)/C(=C(\O)c3cc(OCC)ccc3Cl)C2c2ccco2)c1. The molecule has 1 N–H and O–H groups in total. The first-order chi connectivity index (χ1) is 16.5. The molecule has 0 bridgehead atoms. The molecule has 1 amide bonds. The molecular formula is C26H24ClNO6. The largest absolute Gasteiger partial charge is 0.507 e. The third kappa shape index (κ3) is 4.39. The van der Waals surface area contributed by atoms with Crippen molar-refractivity contribution in [2.75, 3.05) is 18.1 Å². The van der Waals surface area contributed by atoms with Gasteiger partial charge in [-0.2, -0.15) is 0 Å². The van der Waals surface area contributed by atoms with Gasteiger partial charge in [0.15, 0.2) is 0 Å². The van der Waals surface area contributed by atoms with Crippen LogP contribution < -0.4 is 14.4 Å². The molecule has 1 fully saturated rings. The molecule has 3 aromatic rings. The van der Waals surface area contributed by atoms with Crippen molar-refractivity contribution in [3.8, 4) is 11.5 Å². The van der Waals surface area contributed by atoms with E-state index in [-0.39, 0.29) is 16.2 Å². The van der Waals surface area contributed by atoms with E-state index >= 15 is 0 Å². The molecule has 0 saturated carbocycles. The maximum atomic E-state index is 13.2. The van der Waals surface area contributed by atoms with Crippen molar-refractivity contribution < 1.29 is 28.6 Å². The van der Waals surface area contributed by atoms with E-state index in [4.69, 9.17) is 25.5 Å². The lowest BCUT2D eigenvalue weighted by atomic mass is 9.99. The Bertz CT molecular complexity index is 1230. The molecule has 176 valence electrons. The Morgan fingerprint density at radius 3 is 2.56 bits per heavy atom. The Morgan fingerprint density at radius 1 is 1.06 bits per heavy atom. The van der Waals surface area contributed by atoms with E-state index in [1.807, 2.05) is 13.8 Å². The summed E-state index contributed by atoms with van der Waals surface area (Å²) in [5, 5.41) is 11.5. The topological polar surface area (TPSA) is 89.2 Å². The van der Waals surface area contributed by atoms with Gasteiger partial charge in [0.05, 0.1) is 30.1 Å². The number of halogens is 1. The summed E-state index contributed by atoms with van der Waals surface area (Å²) in [5.74, 6) is -0.709. The smallest absolute Gasteiger partial charge is 0.300 e. The molecule has 8 heteroatoms. The van der Waals surface area contributed by atoms with Crippen LogP contribution in [0.2, 0.25) is 5.02 Å². The van der Waals surface area contributed by atoms with Crippen molar-refractivity contribution in [2.24, 2.45) is 0 Å². The summed E-state index contributed by atoms with van der Waals surface area (Å²) in [4.78, 5) is 27.8. The number of amides is 1. The average Bonchev–Trinajstić information content (AvgIpc) is 3.46. The van der Waals surface area contributed by atoms with Crippen molar-refractivity contribution in [1.82, 2.24) is 0 Å². The van der Waals surface area contributed by atoms with Gasteiger partial charge in [0, 0.05) is 17.3 Å². The second-order valence-electron chi connectivity index (χ2n) is 7.60. The molecule has 0 radical (unpaired) electrons. The van der Waals surface area contributed by atoms with Gasteiger partial charge in [-0.1, -0.05) is 24.6 Å². The summed E-state index contributed by atoms with van der Waals surface area (Å²) >= 11 is 6.35. The van der Waals surface area contributed by atoms with Crippen LogP contribution in [-0.4, -0.2) is 30.0 Å². The highest BCUT2D eigenvalue weighted by Gasteiger charge is 2.48. The first-order valence-electron chi connectivity index (χ1n) is 11.0. The van der Waals surface area contributed by atoms with Crippen LogP contribution in [0.25, 0.3) is 5.76 Å².